The van der Waals surface area contributed by atoms with E-state index < -0.39 is 16.9 Å². The standard InChI is InChI=1S/C34H36FN5O4/c1-21-18-39(19-22(2)44-21)13-4-14-40-20-36-28(31(40)24-7-8-24)17-30-34(43)37-29(33(42)38-30)16-23-5-3-6-26(15-23)32(41)25-9-11-27(35)12-10-25/h3,5-6,9-12,15-17,20-22,24H,4,7-8,13-14,18-19H2,1-2H3,(H,37,43)(H,38,42)/b29-16-,30-17-. The summed E-state index contributed by atoms with van der Waals surface area (Å²) in [7, 11) is 0. The molecule has 0 spiro atoms. The molecule has 2 unspecified atom stereocenters. The molecule has 2 N–H and O–H groups in total. The van der Waals surface area contributed by atoms with Crippen molar-refractivity contribution < 1.29 is 13.9 Å². The number of rotatable bonds is 9. The minimum absolute atomic E-state index is 0.0678. The molecule has 4 aromatic rings. The smallest absolute Gasteiger partial charge is 0.272 e. The molecule has 6 rings (SSSR count). The van der Waals surface area contributed by atoms with Crippen LogP contribution in [0.1, 0.15) is 71.9 Å². The van der Waals surface area contributed by atoms with Gasteiger partial charge in [-0.2, -0.15) is 0 Å². The van der Waals surface area contributed by atoms with Gasteiger partial charge in [0.05, 0.1) is 24.2 Å². The maximum atomic E-state index is 13.3. The Hall–Kier alpha value is -4.41. The number of hydrogen-bond acceptors (Lipinski definition) is 6. The van der Waals surface area contributed by atoms with Gasteiger partial charge in [0.1, 0.15) is 16.5 Å². The third kappa shape index (κ3) is 6.87. The lowest BCUT2D eigenvalue weighted by molar-refractivity contribution is -0.0682. The summed E-state index contributed by atoms with van der Waals surface area (Å²) < 4.78 is 21.3. The normalized spacial score (nSPS) is 19.9. The van der Waals surface area contributed by atoms with Gasteiger partial charge in [0.2, 0.25) is 0 Å². The van der Waals surface area contributed by atoms with Crippen molar-refractivity contribution in [1.29, 1.82) is 0 Å². The summed E-state index contributed by atoms with van der Waals surface area (Å²) in [6.45, 7) is 7.90. The number of H-pyrrole nitrogens is 2. The van der Waals surface area contributed by atoms with E-state index in [9.17, 15) is 18.8 Å². The molecule has 2 fully saturated rings. The van der Waals surface area contributed by atoms with E-state index in [1.165, 1.54) is 30.3 Å². The zero-order chi connectivity index (χ0) is 30.8. The monoisotopic (exact) mass is 597 g/mol. The molecule has 9 nitrogen and oxygen atoms in total. The third-order valence-electron chi connectivity index (χ3n) is 8.07. The molecule has 1 saturated carbocycles. The predicted octanol–water partition coefficient (Wildman–Crippen LogP) is 2.66. The molecule has 2 aromatic heterocycles. The van der Waals surface area contributed by atoms with Gasteiger partial charge in [-0.3, -0.25) is 19.3 Å². The second-order valence-corrected chi connectivity index (χ2v) is 11.8. The predicted molar refractivity (Wildman–Crippen MR) is 166 cm³/mol. The minimum atomic E-state index is -0.465. The maximum absolute atomic E-state index is 13.3. The van der Waals surface area contributed by atoms with Crippen LogP contribution in [0.4, 0.5) is 4.39 Å². The number of ether oxygens (including phenoxy) is 1. The number of aromatic nitrogens is 4. The van der Waals surface area contributed by atoms with E-state index in [0.717, 1.165) is 51.1 Å². The first-order chi connectivity index (χ1) is 21.2. The molecule has 228 valence electrons. The highest BCUT2D eigenvalue weighted by molar-refractivity contribution is 6.09. The van der Waals surface area contributed by atoms with Gasteiger partial charge in [0.15, 0.2) is 5.78 Å². The molecule has 10 heteroatoms. The van der Waals surface area contributed by atoms with E-state index in [0.29, 0.717) is 28.3 Å². The molecule has 1 aliphatic carbocycles. The average molecular weight is 598 g/mol. The van der Waals surface area contributed by atoms with Gasteiger partial charge in [-0.25, -0.2) is 9.37 Å². The van der Waals surface area contributed by atoms with Crippen LogP contribution in [0.15, 0.2) is 64.4 Å². The summed E-state index contributed by atoms with van der Waals surface area (Å²) in [5.74, 6) is -0.298. The molecule has 0 amide bonds. The van der Waals surface area contributed by atoms with E-state index >= 15 is 0 Å². The SMILES string of the molecule is CC1CN(CCCn2cnc(/C=c3\[nH]c(=O)/c(=C/c4cccc(C(=O)c5ccc(F)cc5)c4)[nH]c3=O)c2C2CC2)CC(C)O1. The zero-order valence-corrected chi connectivity index (χ0v) is 24.9. The average Bonchev–Trinajstić information content (AvgIpc) is 3.75. The third-order valence-corrected chi connectivity index (χ3v) is 8.07. The first-order valence-electron chi connectivity index (χ1n) is 15.1. The van der Waals surface area contributed by atoms with Crippen LogP contribution in [-0.4, -0.2) is 62.0 Å². The lowest BCUT2D eigenvalue weighted by atomic mass is 10.0. The van der Waals surface area contributed by atoms with Crippen LogP contribution in [0.2, 0.25) is 0 Å². The highest BCUT2D eigenvalue weighted by atomic mass is 19.1. The Labute approximate surface area is 253 Å². The van der Waals surface area contributed by atoms with Crippen LogP contribution in [0.25, 0.3) is 12.2 Å². The number of morpholine rings is 1. The Morgan fingerprint density at radius 1 is 0.955 bits per heavy atom. The summed E-state index contributed by atoms with van der Waals surface area (Å²) in [6.07, 6.45) is 8.62. The van der Waals surface area contributed by atoms with Crippen molar-refractivity contribution in [3.8, 4) is 0 Å². The van der Waals surface area contributed by atoms with Crippen molar-refractivity contribution in [2.24, 2.45) is 0 Å². The van der Waals surface area contributed by atoms with Gasteiger partial charge in [-0.05, 0) is 81.2 Å². The van der Waals surface area contributed by atoms with E-state index in [2.05, 4.69) is 38.3 Å². The van der Waals surface area contributed by atoms with E-state index in [1.54, 1.807) is 30.3 Å². The number of carbonyl (C=O) groups excluding carboxylic acids is 1. The Morgan fingerprint density at radius 3 is 2.32 bits per heavy atom. The van der Waals surface area contributed by atoms with Crippen molar-refractivity contribution in [2.45, 2.75) is 57.8 Å². The second kappa shape index (κ2) is 12.7. The van der Waals surface area contributed by atoms with Crippen LogP contribution < -0.4 is 21.8 Å². The fourth-order valence-corrected chi connectivity index (χ4v) is 5.97. The number of ketones is 1. The van der Waals surface area contributed by atoms with Crippen LogP contribution in [0.5, 0.6) is 0 Å². The summed E-state index contributed by atoms with van der Waals surface area (Å²) in [4.78, 5) is 51.4. The summed E-state index contributed by atoms with van der Waals surface area (Å²) in [6, 6.07) is 12.0. The van der Waals surface area contributed by atoms with Gasteiger partial charge in [-0.15, -0.1) is 0 Å². The fourth-order valence-electron chi connectivity index (χ4n) is 5.97. The first-order valence-corrected chi connectivity index (χ1v) is 15.1. The van der Waals surface area contributed by atoms with Crippen molar-refractivity contribution in [2.75, 3.05) is 19.6 Å². The van der Waals surface area contributed by atoms with Gasteiger partial charge in [0, 0.05) is 48.9 Å². The van der Waals surface area contributed by atoms with Gasteiger partial charge < -0.3 is 19.3 Å². The van der Waals surface area contributed by atoms with Crippen molar-refractivity contribution in [1.82, 2.24) is 24.4 Å². The Kier molecular flexibility index (Phi) is 8.54. The fraction of sp³-hybridized carbons (Fsp3) is 0.353. The highest BCUT2D eigenvalue weighted by Crippen LogP contribution is 2.41. The molecular formula is C34H36FN5O4. The molecular weight excluding hydrogens is 561 g/mol. The topological polar surface area (TPSA) is 113 Å². The number of halogens is 1. The Morgan fingerprint density at radius 2 is 1.64 bits per heavy atom. The Bertz CT molecular complexity index is 1900. The molecule has 2 aromatic carbocycles. The molecule has 1 saturated heterocycles. The molecule has 3 heterocycles. The molecule has 2 aliphatic rings. The van der Waals surface area contributed by atoms with Gasteiger partial charge >= 0.3 is 0 Å². The number of nitrogens with one attached hydrogen (secondary N) is 2. The maximum Gasteiger partial charge on any atom is 0.272 e. The van der Waals surface area contributed by atoms with Gasteiger partial charge in [0.25, 0.3) is 11.1 Å². The number of aromatic amines is 2. The summed E-state index contributed by atoms with van der Waals surface area (Å²) >= 11 is 0. The number of aryl methyl sites for hydroxylation is 1. The molecule has 2 atom stereocenters. The van der Waals surface area contributed by atoms with E-state index in [-0.39, 0.29) is 28.7 Å². The van der Waals surface area contributed by atoms with E-state index in [1.807, 2.05) is 6.33 Å². The number of carbonyl (C=O) groups is 1. The van der Waals surface area contributed by atoms with Crippen LogP contribution in [0, 0.1) is 5.82 Å². The van der Waals surface area contributed by atoms with Crippen LogP contribution >= 0.6 is 0 Å². The largest absolute Gasteiger partial charge is 0.373 e. The quantitative estimate of drug-likeness (QED) is 0.287. The molecule has 0 radical (unpaired) electrons. The number of hydrogen-bond donors (Lipinski definition) is 2. The van der Waals surface area contributed by atoms with Crippen molar-refractivity contribution in [3.05, 3.63) is 120 Å². The van der Waals surface area contributed by atoms with Gasteiger partial charge in [-0.1, -0.05) is 18.2 Å². The summed E-state index contributed by atoms with van der Waals surface area (Å²) in [5.41, 5.74) is 2.19. The molecule has 0 bridgehead atoms. The summed E-state index contributed by atoms with van der Waals surface area (Å²) in [5, 5.41) is 0.203. The Balaban J connectivity index is 1.22. The highest BCUT2D eigenvalue weighted by Gasteiger charge is 2.30. The van der Waals surface area contributed by atoms with Crippen molar-refractivity contribution >= 4 is 17.9 Å². The van der Waals surface area contributed by atoms with E-state index in [4.69, 9.17) is 4.74 Å². The lowest BCUT2D eigenvalue weighted by Crippen LogP contribution is -2.46. The zero-order valence-electron chi connectivity index (χ0n) is 24.9. The van der Waals surface area contributed by atoms with Crippen molar-refractivity contribution in [3.63, 3.8) is 0 Å². The molecule has 44 heavy (non-hydrogen) atoms. The minimum Gasteiger partial charge on any atom is -0.373 e. The second-order valence-electron chi connectivity index (χ2n) is 11.8. The van der Waals surface area contributed by atoms with Crippen LogP contribution in [0.3, 0.4) is 0 Å². The number of imidazole rings is 1. The van der Waals surface area contributed by atoms with Crippen LogP contribution in [-0.2, 0) is 11.3 Å². The molecule has 1 aliphatic heterocycles. The number of nitrogens with zero attached hydrogens (tertiary/aromatic N) is 3. The number of benzene rings is 2. The lowest BCUT2D eigenvalue weighted by Gasteiger charge is -2.35. The first kappa shape index (κ1) is 29.7.